The highest BCUT2D eigenvalue weighted by Gasteiger charge is 2.37. The Morgan fingerprint density at radius 3 is 2.55 bits per heavy atom. The van der Waals surface area contributed by atoms with Crippen molar-refractivity contribution in [3.05, 3.63) is 64.6 Å². The average Bonchev–Trinajstić information content (AvgIpc) is 2.96. The third kappa shape index (κ3) is 4.16. The van der Waals surface area contributed by atoms with Gasteiger partial charge in [-0.1, -0.05) is 31.2 Å². The first-order valence-electron chi connectivity index (χ1n) is 10.9. The highest BCUT2D eigenvalue weighted by atomic mass is 32.2. The highest BCUT2D eigenvalue weighted by Crippen LogP contribution is 2.45. The van der Waals surface area contributed by atoms with Crippen molar-refractivity contribution in [2.24, 2.45) is 4.99 Å². The molecule has 0 aromatic heterocycles. The molecule has 2 aliphatic heterocycles. The van der Waals surface area contributed by atoms with E-state index >= 15 is 0 Å². The van der Waals surface area contributed by atoms with Crippen LogP contribution in [0.25, 0.3) is 6.08 Å². The van der Waals surface area contributed by atoms with Gasteiger partial charge in [0.1, 0.15) is 0 Å². The molecule has 0 unspecified atom stereocenters. The van der Waals surface area contributed by atoms with Gasteiger partial charge in [0, 0.05) is 24.3 Å². The second-order valence-electron chi connectivity index (χ2n) is 9.40. The fourth-order valence-corrected chi connectivity index (χ4v) is 5.94. The minimum Gasteiger partial charge on any atom is -0.364 e. The van der Waals surface area contributed by atoms with Gasteiger partial charge in [-0.2, -0.15) is 0 Å². The van der Waals surface area contributed by atoms with Gasteiger partial charge in [-0.25, -0.2) is 4.99 Å². The van der Waals surface area contributed by atoms with Crippen molar-refractivity contribution in [3.8, 4) is 0 Å². The first-order valence-corrected chi connectivity index (χ1v) is 11.7. The Balaban J connectivity index is 1.66. The molecule has 0 saturated carbocycles. The zero-order valence-corrected chi connectivity index (χ0v) is 20.0. The number of hydrogen-bond acceptors (Lipinski definition) is 4. The first kappa shape index (κ1) is 21.7. The number of carbonyl (C=O) groups is 1. The van der Waals surface area contributed by atoms with E-state index in [2.05, 4.69) is 62.7 Å². The molecule has 5 heteroatoms. The molecule has 2 aromatic carbocycles. The van der Waals surface area contributed by atoms with E-state index in [1.807, 2.05) is 36.4 Å². The lowest BCUT2D eigenvalue weighted by Crippen LogP contribution is -2.51. The molecule has 162 valence electrons. The standard InChI is InChI=1S/C26H31N3OS/c1-17(2)29-22-13-12-19(14-21(22)18(3)16-26(29,4)5)15-23-24(30)28(6)25(31-23)27-20-10-8-7-9-11-20/h7-15,17-18H,16H2,1-6H3/b23-15-,27-25?/t18-/m0/s1. The number of likely N-dealkylation sites (N-methyl/N-ethyl adjacent to an activating group) is 1. The van der Waals surface area contributed by atoms with Gasteiger partial charge in [0.15, 0.2) is 5.17 Å². The van der Waals surface area contributed by atoms with Gasteiger partial charge in [-0.05, 0) is 93.3 Å². The summed E-state index contributed by atoms with van der Waals surface area (Å²) >= 11 is 1.44. The lowest BCUT2D eigenvalue weighted by Gasteiger charge is -2.50. The Kier molecular flexibility index (Phi) is 5.73. The number of fused-ring (bicyclic) bond motifs is 1. The number of amides is 1. The van der Waals surface area contributed by atoms with Crippen molar-refractivity contribution < 1.29 is 4.79 Å². The summed E-state index contributed by atoms with van der Waals surface area (Å²) in [6.07, 6.45) is 3.12. The third-order valence-corrected chi connectivity index (χ3v) is 7.16. The molecule has 4 rings (SSSR count). The summed E-state index contributed by atoms with van der Waals surface area (Å²) in [5, 5.41) is 0.710. The van der Waals surface area contributed by atoms with Crippen LogP contribution in [0.2, 0.25) is 0 Å². The maximum Gasteiger partial charge on any atom is 0.266 e. The van der Waals surface area contributed by atoms with Gasteiger partial charge in [0.05, 0.1) is 10.6 Å². The summed E-state index contributed by atoms with van der Waals surface area (Å²) in [6.45, 7) is 11.5. The Bertz CT molecular complexity index is 1060. The molecule has 1 fully saturated rings. The predicted molar refractivity (Wildman–Crippen MR) is 133 cm³/mol. The van der Waals surface area contributed by atoms with Crippen LogP contribution in [0.4, 0.5) is 11.4 Å². The number of rotatable bonds is 3. The Labute approximate surface area is 190 Å². The molecule has 0 aliphatic carbocycles. The van der Waals surface area contributed by atoms with Crippen LogP contribution in [0.15, 0.2) is 58.4 Å². The van der Waals surface area contributed by atoms with E-state index in [0.29, 0.717) is 22.0 Å². The maximum atomic E-state index is 12.8. The van der Waals surface area contributed by atoms with E-state index < -0.39 is 0 Å². The van der Waals surface area contributed by atoms with Crippen molar-refractivity contribution >= 4 is 40.3 Å². The number of para-hydroxylation sites is 1. The number of thioether (sulfide) groups is 1. The van der Waals surface area contributed by atoms with Crippen LogP contribution < -0.4 is 4.90 Å². The van der Waals surface area contributed by atoms with Gasteiger partial charge in [-0.3, -0.25) is 9.69 Å². The third-order valence-electron chi connectivity index (χ3n) is 6.10. The van der Waals surface area contributed by atoms with Crippen LogP contribution in [0.1, 0.15) is 58.1 Å². The summed E-state index contributed by atoms with van der Waals surface area (Å²) in [5.74, 6) is 0.471. The molecule has 0 N–H and O–H groups in total. The van der Waals surface area contributed by atoms with Gasteiger partial charge >= 0.3 is 0 Å². The molecule has 0 radical (unpaired) electrons. The summed E-state index contributed by atoms with van der Waals surface area (Å²) in [6, 6.07) is 16.8. The predicted octanol–water partition coefficient (Wildman–Crippen LogP) is 6.42. The van der Waals surface area contributed by atoms with Crippen molar-refractivity contribution in [1.29, 1.82) is 0 Å². The normalized spacial score (nSPS) is 23.2. The maximum absolute atomic E-state index is 12.8. The lowest BCUT2D eigenvalue weighted by molar-refractivity contribution is -0.121. The summed E-state index contributed by atoms with van der Waals surface area (Å²) in [4.78, 5) is 22.4. The summed E-state index contributed by atoms with van der Waals surface area (Å²) in [7, 11) is 1.79. The molecule has 1 saturated heterocycles. The van der Waals surface area contributed by atoms with Gasteiger partial charge in [0.25, 0.3) is 5.91 Å². The van der Waals surface area contributed by atoms with E-state index in [-0.39, 0.29) is 11.4 Å². The fourth-order valence-electron chi connectivity index (χ4n) is 4.95. The minimum atomic E-state index is -0.00427. The second-order valence-corrected chi connectivity index (χ2v) is 10.4. The number of amidine groups is 1. The van der Waals surface area contributed by atoms with Gasteiger partial charge in [-0.15, -0.1) is 0 Å². The van der Waals surface area contributed by atoms with Crippen LogP contribution >= 0.6 is 11.8 Å². The number of carbonyl (C=O) groups excluding carboxylic acids is 1. The molecular formula is C26H31N3OS. The van der Waals surface area contributed by atoms with E-state index in [1.54, 1.807) is 11.9 Å². The van der Waals surface area contributed by atoms with Gasteiger partial charge < -0.3 is 4.90 Å². The molecule has 2 aromatic rings. The van der Waals surface area contributed by atoms with E-state index in [4.69, 9.17) is 0 Å². The molecule has 0 spiro atoms. The Morgan fingerprint density at radius 1 is 1.16 bits per heavy atom. The first-order chi connectivity index (χ1) is 14.7. The lowest BCUT2D eigenvalue weighted by atomic mass is 9.79. The average molecular weight is 434 g/mol. The number of hydrogen-bond donors (Lipinski definition) is 0. The summed E-state index contributed by atoms with van der Waals surface area (Å²) in [5.41, 5.74) is 4.73. The van der Waals surface area contributed by atoms with Gasteiger partial charge in [0.2, 0.25) is 0 Å². The number of anilines is 1. The number of benzene rings is 2. The molecule has 1 atom stereocenters. The Morgan fingerprint density at radius 2 is 1.87 bits per heavy atom. The zero-order chi connectivity index (χ0) is 22.3. The minimum absolute atomic E-state index is 0.00427. The van der Waals surface area contributed by atoms with Crippen LogP contribution in [0.3, 0.4) is 0 Å². The van der Waals surface area contributed by atoms with Crippen LogP contribution in [0.5, 0.6) is 0 Å². The number of nitrogens with zero attached hydrogens (tertiary/aromatic N) is 3. The SMILES string of the molecule is CC(C)N1c2ccc(/C=C3\SC(=Nc4ccccc4)N(C)C3=O)cc2[C@@H](C)CC1(C)C. The zero-order valence-electron chi connectivity index (χ0n) is 19.2. The highest BCUT2D eigenvalue weighted by molar-refractivity contribution is 8.18. The fraction of sp³-hybridized carbons (Fsp3) is 0.385. The van der Waals surface area contributed by atoms with Crippen LogP contribution in [0, 0.1) is 0 Å². The summed E-state index contributed by atoms with van der Waals surface area (Å²) < 4.78 is 0. The van der Waals surface area contributed by atoms with Crippen molar-refractivity contribution in [3.63, 3.8) is 0 Å². The topological polar surface area (TPSA) is 35.9 Å². The molecule has 2 aliphatic rings. The van der Waals surface area contributed by atoms with Crippen LogP contribution in [-0.2, 0) is 4.79 Å². The van der Waals surface area contributed by atoms with E-state index in [9.17, 15) is 4.79 Å². The van der Waals surface area contributed by atoms with Crippen LogP contribution in [-0.4, -0.2) is 34.6 Å². The van der Waals surface area contributed by atoms with E-state index in [1.165, 1.54) is 23.0 Å². The number of aliphatic imine (C=N–C) groups is 1. The van der Waals surface area contributed by atoms with Crippen molar-refractivity contribution in [1.82, 2.24) is 4.90 Å². The molecular weight excluding hydrogens is 402 g/mol. The molecule has 4 nitrogen and oxygen atoms in total. The Hall–Kier alpha value is -2.53. The molecule has 0 bridgehead atoms. The monoisotopic (exact) mass is 433 g/mol. The second kappa shape index (κ2) is 8.19. The quantitative estimate of drug-likeness (QED) is 0.524. The smallest absolute Gasteiger partial charge is 0.266 e. The molecule has 1 amide bonds. The largest absolute Gasteiger partial charge is 0.364 e. The molecule has 31 heavy (non-hydrogen) atoms. The van der Waals surface area contributed by atoms with E-state index in [0.717, 1.165) is 17.7 Å². The van der Waals surface area contributed by atoms with Crippen molar-refractivity contribution in [2.75, 3.05) is 11.9 Å². The van der Waals surface area contributed by atoms with Crippen molar-refractivity contribution in [2.45, 2.75) is 58.5 Å². The molecule has 2 heterocycles.